The molecule has 7 nitrogen and oxygen atoms in total. The second-order valence-corrected chi connectivity index (χ2v) is 8.00. The van der Waals surface area contributed by atoms with Gasteiger partial charge in [-0.15, -0.1) is 0 Å². The van der Waals surface area contributed by atoms with Gasteiger partial charge in [0.2, 0.25) is 5.91 Å². The zero-order valence-electron chi connectivity index (χ0n) is 18.6. The van der Waals surface area contributed by atoms with E-state index in [-0.39, 0.29) is 23.9 Å². The van der Waals surface area contributed by atoms with Crippen molar-refractivity contribution >= 4 is 11.4 Å². The van der Waals surface area contributed by atoms with Crippen molar-refractivity contribution in [1.29, 1.82) is 0 Å². The zero-order chi connectivity index (χ0) is 22.7. The fraction of sp³-hybridized carbons (Fsp3) is 0.280. The molecule has 0 spiro atoms. The standard InChI is InChI=1S/C25H27N5O2/c1-4-19-10-12-21(13-11-19)22-14-23-25(32)29(27-18(3)30(23)28-22)16-24(31)26-15-17(2)20-8-6-5-7-9-20/h5-14,17H,4,15-16H2,1-3H3,(H,26,31)/t17-/m0/s1. The monoisotopic (exact) mass is 429 g/mol. The minimum Gasteiger partial charge on any atom is -0.354 e. The Labute approximate surface area is 186 Å². The number of nitrogens with zero attached hydrogens (tertiary/aromatic N) is 4. The van der Waals surface area contributed by atoms with Crippen molar-refractivity contribution in [3.63, 3.8) is 0 Å². The van der Waals surface area contributed by atoms with Gasteiger partial charge in [0.05, 0.1) is 5.69 Å². The first-order valence-electron chi connectivity index (χ1n) is 10.8. The van der Waals surface area contributed by atoms with Gasteiger partial charge < -0.3 is 5.32 Å². The van der Waals surface area contributed by atoms with E-state index in [1.165, 1.54) is 14.8 Å². The number of hydrogen-bond donors (Lipinski definition) is 1. The number of aryl methyl sites for hydroxylation is 2. The molecular weight excluding hydrogens is 402 g/mol. The Kier molecular flexibility index (Phi) is 6.16. The largest absolute Gasteiger partial charge is 0.354 e. The van der Waals surface area contributed by atoms with Crippen LogP contribution in [-0.2, 0) is 17.8 Å². The van der Waals surface area contributed by atoms with Crippen LogP contribution >= 0.6 is 0 Å². The van der Waals surface area contributed by atoms with Gasteiger partial charge in [0, 0.05) is 12.1 Å². The summed E-state index contributed by atoms with van der Waals surface area (Å²) in [5.74, 6) is 0.466. The highest BCUT2D eigenvalue weighted by atomic mass is 16.2. The highest BCUT2D eigenvalue weighted by Crippen LogP contribution is 2.20. The molecule has 2 heterocycles. The predicted molar refractivity (Wildman–Crippen MR) is 125 cm³/mol. The maximum Gasteiger partial charge on any atom is 0.293 e. The lowest BCUT2D eigenvalue weighted by atomic mass is 10.0. The molecule has 0 saturated heterocycles. The smallest absolute Gasteiger partial charge is 0.293 e. The number of amides is 1. The van der Waals surface area contributed by atoms with E-state index in [9.17, 15) is 9.59 Å². The van der Waals surface area contributed by atoms with Crippen LogP contribution in [0.1, 0.15) is 36.7 Å². The van der Waals surface area contributed by atoms with Gasteiger partial charge in [0.15, 0.2) is 0 Å². The first-order valence-corrected chi connectivity index (χ1v) is 10.8. The Morgan fingerprint density at radius 3 is 2.47 bits per heavy atom. The lowest BCUT2D eigenvalue weighted by molar-refractivity contribution is -0.121. The molecule has 4 rings (SSSR count). The first kappa shape index (κ1) is 21.5. The molecule has 7 heteroatoms. The van der Waals surface area contributed by atoms with Crippen LogP contribution in [0.15, 0.2) is 65.5 Å². The molecule has 0 aliphatic heterocycles. The number of hydrogen-bond acceptors (Lipinski definition) is 4. The molecule has 0 saturated carbocycles. The molecule has 0 fully saturated rings. The lowest BCUT2D eigenvalue weighted by Gasteiger charge is -2.13. The summed E-state index contributed by atoms with van der Waals surface area (Å²) < 4.78 is 2.75. The second kappa shape index (κ2) is 9.18. The van der Waals surface area contributed by atoms with E-state index in [4.69, 9.17) is 0 Å². The third-order valence-electron chi connectivity index (χ3n) is 5.66. The minimum atomic E-state index is -0.342. The van der Waals surface area contributed by atoms with Crippen molar-refractivity contribution in [3.8, 4) is 11.3 Å². The molecule has 1 atom stereocenters. The van der Waals surface area contributed by atoms with Crippen molar-refractivity contribution in [2.75, 3.05) is 6.54 Å². The fourth-order valence-corrected chi connectivity index (χ4v) is 3.69. The van der Waals surface area contributed by atoms with E-state index in [1.807, 2.05) is 42.5 Å². The van der Waals surface area contributed by atoms with Crippen LogP contribution in [-0.4, -0.2) is 31.8 Å². The molecule has 0 unspecified atom stereocenters. The van der Waals surface area contributed by atoms with Crippen LogP contribution in [0.3, 0.4) is 0 Å². The molecular formula is C25H27N5O2. The number of carbonyl (C=O) groups excluding carboxylic acids is 1. The highest BCUT2D eigenvalue weighted by Gasteiger charge is 2.15. The van der Waals surface area contributed by atoms with Gasteiger partial charge in [-0.1, -0.05) is 68.4 Å². The second-order valence-electron chi connectivity index (χ2n) is 8.00. The molecule has 1 amide bonds. The summed E-state index contributed by atoms with van der Waals surface area (Å²) in [4.78, 5) is 25.5. The zero-order valence-corrected chi connectivity index (χ0v) is 18.6. The summed E-state index contributed by atoms with van der Waals surface area (Å²) in [5, 5.41) is 11.8. The van der Waals surface area contributed by atoms with Crippen LogP contribution < -0.4 is 10.9 Å². The predicted octanol–water partition coefficient (Wildman–Crippen LogP) is 3.35. The summed E-state index contributed by atoms with van der Waals surface area (Å²) in [6.45, 7) is 6.29. The molecule has 2 aromatic heterocycles. The van der Waals surface area contributed by atoms with E-state index < -0.39 is 0 Å². The number of aromatic nitrogens is 4. The van der Waals surface area contributed by atoms with E-state index in [2.05, 4.69) is 41.5 Å². The Morgan fingerprint density at radius 2 is 1.78 bits per heavy atom. The molecule has 164 valence electrons. The molecule has 0 bridgehead atoms. The molecule has 4 aromatic rings. The normalized spacial score (nSPS) is 12.1. The number of benzene rings is 2. The van der Waals surface area contributed by atoms with E-state index >= 15 is 0 Å². The maximum atomic E-state index is 13.0. The Balaban J connectivity index is 1.52. The van der Waals surface area contributed by atoms with Gasteiger partial charge in [0.25, 0.3) is 5.56 Å². The van der Waals surface area contributed by atoms with Crippen molar-refractivity contribution in [1.82, 2.24) is 24.7 Å². The Bertz CT molecular complexity index is 1290. The highest BCUT2D eigenvalue weighted by molar-refractivity contribution is 5.75. The van der Waals surface area contributed by atoms with Crippen LogP contribution in [0.2, 0.25) is 0 Å². The van der Waals surface area contributed by atoms with Crippen LogP contribution in [0.5, 0.6) is 0 Å². The van der Waals surface area contributed by atoms with Gasteiger partial charge in [-0.2, -0.15) is 10.2 Å². The molecule has 32 heavy (non-hydrogen) atoms. The van der Waals surface area contributed by atoms with Crippen LogP contribution in [0.25, 0.3) is 16.8 Å². The van der Waals surface area contributed by atoms with Gasteiger partial charge >= 0.3 is 0 Å². The number of fused-ring (bicyclic) bond motifs is 1. The van der Waals surface area contributed by atoms with Crippen molar-refractivity contribution in [2.24, 2.45) is 0 Å². The van der Waals surface area contributed by atoms with E-state index in [0.29, 0.717) is 23.6 Å². The SMILES string of the molecule is CCc1ccc(-c2cc3c(=O)n(CC(=O)NC[C@H](C)c4ccccc4)nc(C)n3n2)cc1. The van der Waals surface area contributed by atoms with Crippen molar-refractivity contribution in [3.05, 3.63) is 88.0 Å². The van der Waals surface area contributed by atoms with E-state index in [1.54, 1.807) is 13.0 Å². The number of rotatable bonds is 7. The molecule has 0 aliphatic carbocycles. The number of nitrogens with one attached hydrogen (secondary N) is 1. The topological polar surface area (TPSA) is 81.3 Å². The van der Waals surface area contributed by atoms with Gasteiger partial charge in [-0.3, -0.25) is 9.59 Å². The summed E-state index contributed by atoms with van der Waals surface area (Å²) in [6, 6.07) is 19.9. The average molecular weight is 430 g/mol. The van der Waals surface area contributed by atoms with E-state index in [0.717, 1.165) is 17.5 Å². The molecule has 0 aliphatic rings. The molecule has 2 aromatic carbocycles. The Morgan fingerprint density at radius 1 is 1.06 bits per heavy atom. The average Bonchev–Trinajstić information content (AvgIpc) is 3.28. The first-order chi connectivity index (χ1) is 15.5. The van der Waals surface area contributed by atoms with Gasteiger partial charge in [-0.05, 0) is 36.5 Å². The van der Waals surface area contributed by atoms with Crippen LogP contribution in [0.4, 0.5) is 0 Å². The summed E-state index contributed by atoms with van der Waals surface area (Å²) >= 11 is 0. The van der Waals surface area contributed by atoms with Crippen LogP contribution in [0, 0.1) is 6.92 Å². The van der Waals surface area contributed by atoms with Crippen molar-refractivity contribution < 1.29 is 4.79 Å². The van der Waals surface area contributed by atoms with Gasteiger partial charge in [-0.25, -0.2) is 9.20 Å². The summed E-state index contributed by atoms with van der Waals surface area (Å²) in [5.41, 5.74) is 4.09. The minimum absolute atomic E-state index is 0.136. The maximum absolute atomic E-state index is 13.0. The third-order valence-corrected chi connectivity index (χ3v) is 5.66. The summed E-state index contributed by atoms with van der Waals surface area (Å²) in [6.07, 6.45) is 0.964. The van der Waals surface area contributed by atoms with Gasteiger partial charge in [0.1, 0.15) is 17.9 Å². The fourth-order valence-electron chi connectivity index (χ4n) is 3.69. The van der Waals surface area contributed by atoms with Crippen molar-refractivity contribution in [2.45, 2.75) is 39.7 Å². The Hall–Kier alpha value is -3.74. The third kappa shape index (κ3) is 4.46. The quantitative estimate of drug-likeness (QED) is 0.489. The number of carbonyl (C=O) groups is 1. The molecule has 1 N–H and O–H groups in total. The molecule has 0 radical (unpaired) electrons. The summed E-state index contributed by atoms with van der Waals surface area (Å²) in [7, 11) is 0. The lowest BCUT2D eigenvalue weighted by Crippen LogP contribution is -2.36.